The van der Waals surface area contributed by atoms with Crippen molar-refractivity contribution >= 4 is 28.9 Å². The largest absolute Gasteiger partial charge is 0.353 e. The second kappa shape index (κ2) is 8.13. The molecule has 1 heterocycles. The van der Waals surface area contributed by atoms with Crippen LogP contribution in [0, 0.1) is 13.8 Å². The van der Waals surface area contributed by atoms with Crippen LogP contribution >= 0.6 is 11.6 Å². The van der Waals surface area contributed by atoms with Crippen LogP contribution in [0.1, 0.15) is 21.5 Å². The van der Waals surface area contributed by atoms with Crippen molar-refractivity contribution < 1.29 is 4.79 Å². The zero-order valence-corrected chi connectivity index (χ0v) is 15.2. The number of halogens is 1. The van der Waals surface area contributed by atoms with E-state index >= 15 is 0 Å². The molecule has 24 heavy (non-hydrogen) atoms. The molecule has 2 N–H and O–H groups in total. The van der Waals surface area contributed by atoms with Gasteiger partial charge in [0, 0.05) is 19.3 Å². The first-order valence-corrected chi connectivity index (χ1v) is 8.16. The summed E-state index contributed by atoms with van der Waals surface area (Å²) in [5.41, 5.74) is 4.22. The highest BCUT2D eigenvalue weighted by Crippen LogP contribution is 2.30. The lowest BCUT2D eigenvalue weighted by Gasteiger charge is -2.13. The van der Waals surface area contributed by atoms with Crippen LogP contribution in [0.25, 0.3) is 0 Å². The van der Waals surface area contributed by atoms with Crippen LogP contribution in [0.15, 0.2) is 30.6 Å². The average molecular weight is 347 g/mol. The number of likely N-dealkylation sites (N-methyl/N-ethyl adjacent to an activating group) is 1. The molecule has 1 aromatic heterocycles. The Morgan fingerprint density at radius 1 is 1.21 bits per heavy atom. The predicted molar refractivity (Wildman–Crippen MR) is 99.3 cm³/mol. The van der Waals surface area contributed by atoms with Crippen LogP contribution in [0.4, 0.5) is 11.4 Å². The highest BCUT2D eigenvalue weighted by Gasteiger charge is 2.09. The molecule has 6 heteroatoms. The second-order valence-electron chi connectivity index (χ2n) is 6.09. The number of rotatable bonds is 6. The number of hydrogen-bond donors (Lipinski definition) is 2. The van der Waals surface area contributed by atoms with Crippen LogP contribution in [-0.2, 0) is 0 Å². The topological polar surface area (TPSA) is 57.3 Å². The standard InChI is InChI=1S/C18H23ClN4O/c1-12-7-13(2)17(16(19)8-12)22-15-9-14(10-20-11-15)18(24)21-5-6-23(3)4/h7-11,22H,5-6H2,1-4H3,(H,21,24). The van der Waals surface area contributed by atoms with Gasteiger partial charge in [-0.05, 0) is 51.2 Å². The molecular formula is C18H23ClN4O. The zero-order chi connectivity index (χ0) is 17.7. The summed E-state index contributed by atoms with van der Waals surface area (Å²) >= 11 is 6.32. The fourth-order valence-electron chi connectivity index (χ4n) is 2.35. The first-order valence-electron chi connectivity index (χ1n) is 7.78. The molecule has 0 radical (unpaired) electrons. The van der Waals surface area contributed by atoms with E-state index in [1.54, 1.807) is 18.5 Å². The van der Waals surface area contributed by atoms with Crippen LogP contribution in [-0.4, -0.2) is 43.0 Å². The number of benzene rings is 1. The minimum atomic E-state index is -0.139. The van der Waals surface area contributed by atoms with E-state index in [2.05, 4.69) is 21.7 Å². The maximum absolute atomic E-state index is 12.2. The zero-order valence-electron chi connectivity index (χ0n) is 14.5. The molecule has 0 aliphatic heterocycles. The van der Waals surface area contributed by atoms with Gasteiger partial charge in [0.05, 0.1) is 28.2 Å². The van der Waals surface area contributed by atoms with Crippen LogP contribution in [0.3, 0.4) is 0 Å². The predicted octanol–water partition coefficient (Wildman–Crippen LogP) is 3.39. The molecule has 0 atom stereocenters. The number of carbonyl (C=O) groups is 1. The SMILES string of the molecule is Cc1cc(C)c(Nc2cncc(C(=O)NCCN(C)C)c2)c(Cl)c1. The van der Waals surface area contributed by atoms with E-state index in [0.29, 0.717) is 17.1 Å². The van der Waals surface area contributed by atoms with E-state index in [0.717, 1.165) is 29.0 Å². The third kappa shape index (κ3) is 4.94. The van der Waals surface area contributed by atoms with Gasteiger partial charge in [0.1, 0.15) is 0 Å². The Morgan fingerprint density at radius 3 is 2.62 bits per heavy atom. The highest BCUT2D eigenvalue weighted by molar-refractivity contribution is 6.33. The number of hydrogen-bond acceptors (Lipinski definition) is 4. The van der Waals surface area contributed by atoms with Gasteiger partial charge < -0.3 is 15.5 Å². The molecule has 2 rings (SSSR count). The number of nitrogens with zero attached hydrogens (tertiary/aromatic N) is 2. The average Bonchev–Trinajstić information content (AvgIpc) is 2.50. The van der Waals surface area contributed by atoms with E-state index in [9.17, 15) is 4.79 Å². The number of anilines is 2. The molecule has 0 spiro atoms. The smallest absolute Gasteiger partial charge is 0.252 e. The Kier molecular flexibility index (Phi) is 6.17. The van der Waals surface area contributed by atoms with E-state index in [4.69, 9.17) is 11.6 Å². The summed E-state index contributed by atoms with van der Waals surface area (Å²) in [7, 11) is 3.93. The molecule has 128 valence electrons. The van der Waals surface area contributed by atoms with Gasteiger partial charge in [-0.3, -0.25) is 9.78 Å². The minimum Gasteiger partial charge on any atom is -0.353 e. The number of aryl methyl sites for hydroxylation is 2. The van der Waals surface area contributed by atoms with Crippen molar-refractivity contribution in [2.75, 3.05) is 32.5 Å². The summed E-state index contributed by atoms with van der Waals surface area (Å²) < 4.78 is 0. The Labute approximate surface area is 148 Å². The second-order valence-corrected chi connectivity index (χ2v) is 6.49. The van der Waals surface area contributed by atoms with E-state index < -0.39 is 0 Å². The Bertz CT molecular complexity index is 708. The summed E-state index contributed by atoms with van der Waals surface area (Å²) in [5.74, 6) is -0.139. The molecule has 0 aliphatic rings. The number of carbonyl (C=O) groups excluding carboxylic acids is 1. The highest BCUT2D eigenvalue weighted by atomic mass is 35.5. The number of pyridine rings is 1. The van der Waals surface area contributed by atoms with E-state index in [1.165, 1.54) is 0 Å². The first-order chi connectivity index (χ1) is 11.4. The molecule has 5 nitrogen and oxygen atoms in total. The molecular weight excluding hydrogens is 324 g/mol. The Morgan fingerprint density at radius 2 is 1.96 bits per heavy atom. The molecule has 0 saturated heterocycles. The van der Waals surface area contributed by atoms with Gasteiger partial charge >= 0.3 is 0 Å². The van der Waals surface area contributed by atoms with Crippen molar-refractivity contribution in [2.45, 2.75) is 13.8 Å². The van der Waals surface area contributed by atoms with E-state index in [1.807, 2.05) is 38.9 Å². The summed E-state index contributed by atoms with van der Waals surface area (Å²) in [6, 6.07) is 5.73. The van der Waals surface area contributed by atoms with Crippen molar-refractivity contribution in [3.05, 3.63) is 52.3 Å². The Balaban J connectivity index is 2.12. The third-order valence-corrected chi connectivity index (χ3v) is 3.84. The monoisotopic (exact) mass is 346 g/mol. The van der Waals surface area contributed by atoms with Gasteiger partial charge in [-0.15, -0.1) is 0 Å². The van der Waals surface area contributed by atoms with Gasteiger partial charge in [-0.1, -0.05) is 17.7 Å². The normalized spacial score (nSPS) is 10.8. The van der Waals surface area contributed by atoms with Gasteiger partial charge in [0.15, 0.2) is 0 Å². The Hall–Kier alpha value is -2.11. The number of nitrogens with one attached hydrogen (secondary N) is 2. The molecule has 0 saturated carbocycles. The molecule has 1 aromatic carbocycles. The van der Waals surface area contributed by atoms with Crippen LogP contribution < -0.4 is 10.6 Å². The van der Waals surface area contributed by atoms with Crippen molar-refractivity contribution in [2.24, 2.45) is 0 Å². The quantitative estimate of drug-likeness (QED) is 0.841. The molecule has 0 unspecified atom stereocenters. The fraction of sp³-hybridized carbons (Fsp3) is 0.333. The summed E-state index contributed by atoms with van der Waals surface area (Å²) in [5, 5.41) is 6.78. The maximum atomic E-state index is 12.2. The van der Waals surface area contributed by atoms with Crippen LogP contribution in [0.5, 0.6) is 0 Å². The summed E-state index contributed by atoms with van der Waals surface area (Å²) in [6.07, 6.45) is 3.23. The van der Waals surface area contributed by atoms with E-state index in [-0.39, 0.29) is 5.91 Å². The lowest BCUT2D eigenvalue weighted by Crippen LogP contribution is -2.31. The molecule has 0 bridgehead atoms. The van der Waals surface area contributed by atoms with Crippen molar-refractivity contribution in [1.82, 2.24) is 15.2 Å². The van der Waals surface area contributed by atoms with Gasteiger partial charge in [0.2, 0.25) is 0 Å². The first kappa shape index (κ1) is 18.2. The lowest BCUT2D eigenvalue weighted by molar-refractivity contribution is 0.0950. The molecule has 0 aliphatic carbocycles. The van der Waals surface area contributed by atoms with Crippen molar-refractivity contribution in [3.8, 4) is 0 Å². The molecule has 0 fully saturated rings. The van der Waals surface area contributed by atoms with Crippen molar-refractivity contribution in [3.63, 3.8) is 0 Å². The number of aromatic nitrogens is 1. The number of amides is 1. The van der Waals surface area contributed by atoms with Crippen LogP contribution in [0.2, 0.25) is 5.02 Å². The molecule has 1 amide bonds. The van der Waals surface area contributed by atoms with Gasteiger partial charge in [-0.25, -0.2) is 0 Å². The minimum absolute atomic E-state index is 0.139. The maximum Gasteiger partial charge on any atom is 0.252 e. The lowest BCUT2D eigenvalue weighted by atomic mass is 10.1. The summed E-state index contributed by atoms with van der Waals surface area (Å²) in [6.45, 7) is 5.37. The molecule has 2 aromatic rings. The van der Waals surface area contributed by atoms with Gasteiger partial charge in [-0.2, -0.15) is 0 Å². The fourth-order valence-corrected chi connectivity index (χ4v) is 2.71. The summed E-state index contributed by atoms with van der Waals surface area (Å²) in [4.78, 5) is 18.3. The third-order valence-electron chi connectivity index (χ3n) is 3.55. The van der Waals surface area contributed by atoms with Crippen molar-refractivity contribution in [1.29, 1.82) is 0 Å². The van der Waals surface area contributed by atoms with Gasteiger partial charge in [0.25, 0.3) is 5.91 Å².